The van der Waals surface area contributed by atoms with Gasteiger partial charge in [-0.1, -0.05) is 23.2 Å². The van der Waals surface area contributed by atoms with Crippen molar-refractivity contribution in [3.8, 4) is 5.75 Å². The number of halogens is 2. The highest BCUT2D eigenvalue weighted by Gasteiger charge is 2.10. The number of aliphatic hydroxyl groups is 1. The second kappa shape index (κ2) is 6.30. The first-order chi connectivity index (χ1) is 7.58. The van der Waals surface area contributed by atoms with Crippen LogP contribution < -0.4 is 4.74 Å². The third-order valence-corrected chi connectivity index (χ3v) is 2.79. The summed E-state index contributed by atoms with van der Waals surface area (Å²) in [6.45, 7) is 0.736. The van der Waals surface area contributed by atoms with Crippen molar-refractivity contribution in [3.63, 3.8) is 0 Å². The Kier molecular flexibility index (Phi) is 5.35. The Morgan fingerprint density at radius 3 is 2.62 bits per heavy atom. The van der Waals surface area contributed by atoms with E-state index in [-0.39, 0.29) is 6.73 Å². The van der Waals surface area contributed by atoms with E-state index in [2.05, 4.69) is 0 Å². The molecule has 0 heterocycles. The molecular weight excluding hydrogens is 249 g/mol. The summed E-state index contributed by atoms with van der Waals surface area (Å²) in [5, 5.41) is 9.99. The smallest absolute Gasteiger partial charge is 0.140 e. The average molecular weight is 264 g/mol. The molecule has 1 N–H and O–H groups in total. The minimum Gasteiger partial charge on any atom is -0.495 e. The van der Waals surface area contributed by atoms with Gasteiger partial charge in [0.05, 0.1) is 18.9 Å². The van der Waals surface area contributed by atoms with Crippen LogP contribution in [0.1, 0.15) is 5.56 Å². The van der Waals surface area contributed by atoms with Gasteiger partial charge in [-0.3, -0.25) is 4.90 Å². The van der Waals surface area contributed by atoms with Gasteiger partial charge in [0.15, 0.2) is 0 Å². The Hall–Kier alpha value is -0.480. The molecule has 1 aromatic carbocycles. The van der Waals surface area contributed by atoms with Crippen LogP contribution in [0.2, 0.25) is 10.0 Å². The lowest BCUT2D eigenvalue weighted by molar-refractivity contribution is 0.134. The van der Waals surface area contributed by atoms with Crippen LogP contribution in [0, 0.1) is 0 Å². The summed E-state index contributed by atoms with van der Waals surface area (Å²) in [5.41, 5.74) is 0.945. The number of likely N-dealkylation sites (N-methyl/N-ethyl adjacent to an activating group) is 1. The van der Waals surface area contributed by atoms with Crippen molar-refractivity contribution in [1.82, 2.24) is 4.90 Å². The molecule has 0 atom stereocenters. The Bertz CT molecular complexity index is 358. The van der Waals surface area contributed by atoms with Crippen LogP contribution in [0.25, 0.3) is 0 Å². The first kappa shape index (κ1) is 13.6. The van der Waals surface area contributed by atoms with Gasteiger partial charge in [-0.05, 0) is 31.2 Å². The van der Waals surface area contributed by atoms with Gasteiger partial charge in [0.25, 0.3) is 0 Å². The van der Waals surface area contributed by atoms with E-state index < -0.39 is 0 Å². The average Bonchev–Trinajstić information content (AvgIpc) is 2.25. The summed E-state index contributed by atoms with van der Waals surface area (Å²) in [7, 11) is 3.41. The highest BCUT2D eigenvalue weighted by atomic mass is 35.5. The third-order valence-electron chi connectivity index (χ3n) is 2.29. The SMILES string of the molecule is COc1c(Cl)cc(Cl)cc1CCN(C)CO. The molecule has 16 heavy (non-hydrogen) atoms. The minimum absolute atomic E-state index is 0.0244. The van der Waals surface area contributed by atoms with Crippen LogP contribution in [0.5, 0.6) is 5.75 Å². The van der Waals surface area contributed by atoms with Crippen LogP contribution >= 0.6 is 23.2 Å². The van der Waals surface area contributed by atoms with Crippen molar-refractivity contribution >= 4 is 23.2 Å². The van der Waals surface area contributed by atoms with E-state index in [1.54, 1.807) is 18.1 Å². The minimum atomic E-state index is 0.0244. The molecule has 5 heteroatoms. The van der Waals surface area contributed by atoms with Gasteiger partial charge in [0.1, 0.15) is 5.75 Å². The fourth-order valence-corrected chi connectivity index (χ4v) is 2.02. The summed E-state index contributed by atoms with van der Waals surface area (Å²) in [5.74, 6) is 0.650. The van der Waals surface area contributed by atoms with E-state index in [1.165, 1.54) is 0 Å². The Morgan fingerprint density at radius 2 is 2.06 bits per heavy atom. The molecule has 0 unspecified atom stereocenters. The van der Waals surface area contributed by atoms with Crippen LogP contribution in [0.15, 0.2) is 12.1 Å². The number of methoxy groups -OCH3 is 1. The predicted molar refractivity (Wildman–Crippen MR) is 66.4 cm³/mol. The van der Waals surface area contributed by atoms with Gasteiger partial charge >= 0.3 is 0 Å². The highest BCUT2D eigenvalue weighted by Crippen LogP contribution is 2.32. The fourth-order valence-electron chi connectivity index (χ4n) is 1.41. The molecule has 0 radical (unpaired) electrons. The third kappa shape index (κ3) is 3.52. The van der Waals surface area contributed by atoms with Crippen LogP contribution in [-0.4, -0.2) is 37.4 Å². The molecule has 90 valence electrons. The van der Waals surface area contributed by atoms with Crippen molar-refractivity contribution in [2.24, 2.45) is 0 Å². The maximum Gasteiger partial charge on any atom is 0.140 e. The number of nitrogens with zero attached hydrogens (tertiary/aromatic N) is 1. The molecule has 3 nitrogen and oxygen atoms in total. The number of rotatable bonds is 5. The summed E-state index contributed by atoms with van der Waals surface area (Å²) in [6, 6.07) is 3.48. The maximum absolute atomic E-state index is 8.89. The van der Waals surface area contributed by atoms with E-state index in [0.29, 0.717) is 22.3 Å². The number of hydrogen-bond acceptors (Lipinski definition) is 3. The van der Waals surface area contributed by atoms with Gasteiger partial charge in [0.2, 0.25) is 0 Å². The summed E-state index contributed by atoms with van der Waals surface area (Å²) in [6.07, 6.45) is 0.723. The van der Waals surface area contributed by atoms with Gasteiger partial charge in [-0.25, -0.2) is 0 Å². The molecule has 0 amide bonds. The topological polar surface area (TPSA) is 32.7 Å². The van der Waals surface area contributed by atoms with Gasteiger partial charge in [0, 0.05) is 11.6 Å². The second-order valence-electron chi connectivity index (χ2n) is 3.55. The van der Waals surface area contributed by atoms with Crippen molar-refractivity contribution in [2.75, 3.05) is 27.4 Å². The highest BCUT2D eigenvalue weighted by molar-refractivity contribution is 6.35. The monoisotopic (exact) mass is 263 g/mol. The maximum atomic E-state index is 8.89. The van der Waals surface area contributed by atoms with Crippen molar-refractivity contribution in [1.29, 1.82) is 0 Å². The van der Waals surface area contributed by atoms with E-state index in [0.717, 1.165) is 12.0 Å². The lowest BCUT2D eigenvalue weighted by Crippen LogP contribution is -2.22. The van der Waals surface area contributed by atoms with Crippen LogP contribution in [0.4, 0.5) is 0 Å². The Labute approximate surface area is 106 Å². The zero-order valence-electron chi connectivity index (χ0n) is 9.33. The molecule has 0 saturated heterocycles. The number of hydrogen-bond donors (Lipinski definition) is 1. The molecule has 0 saturated carbocycles. The first-order valence-electron chi connectivity index (χ1n) is 4.89. The molecule has 0 aliphatic carbocycles. The summed E-state index contributed by atoms with van der Waals surface area (Å²) in [4.78, 5) is 1.79. The first-order valence-corrected chi connectivity index (χ1v) is 5.65. The fraction of sp³-hybridized carbons (Fsp3) is 0.455. The van der Waals surface area contributed by atoms with Crippen LogP contribution in [-0.2, 0) is 6.42 Å². The van der Waals surface area contributed by atoms with Gasteiger partial charge < -0.3 is 9.84 Å². The number of benzene rings is 1. The van der Waals surface area contributed by atoms with Gasteiger partial charge in [-0.2, -0.15) is 0 Å². The molecule has 0 aliphatic rings. The molecule has 0 aromatic heterocycles. The lowest BCUT2D eigenvalue weighted by Gasteiger charge is -2.15. The number of aliphatic hydroxyl groups excluding tert-OH is 1. The quantitative estimate of drug-likeness (QED) is 0.829. The molecule has 0 aliphatic heterocycles. The number of ether oxygens (including phenoxy) is 1. The van der Waals surface area contributed by atoms with Crippen molar-refractivity contribution < 1.29 is 9.84 Å². The lowest BCUT2D eigenvalue weighted by atomic mass is 10.1. The Morgan fingerprint density at radius 1 is 1.38 bits per heavy atom. The molecule has 1 rings (SSSR count). The molecule has 0 spiro atoms. The molecule has 1 aromatic rings. The van der Waals surface area contributed by atoms with Crippen molar-refractivity contribution in [2.45, 2.75) is 6.42 Å². The Balaban J connectivity index is 2.85. The van der Waals surface area contributed by atoms with Gasteiger partial charge in [-0.15, -0.1) is 0 Å². The zero-order chi connectivity index (χ0) is 12.1. The van der Waals surface area contributed by atoms with E-state index in [9.17, 15) is 0 Å². The van der Waals surface area contributed by atoms with E-state index in [1.807, 2.05) is 13.1 Å². The molecule has 0 fully saturated rings. The summed E-state index contributed by atoms with van der Waals surface area (Å²) < 4.78 is 5.23. The van der Waals surface area contributed by atoms with E-state index >= 15 is 0 Å². The van der Waals surface area contributed by atoms with Crippen molar-refractivity contribution in [3.05, 3.63) is 27.7 Å². The second-order valence-corrected chi connectivity index (χ2v) is 4.39. The van der Waals surface area contributed by atoms with Crippen LogP contribution in [0.3, 0.4) is 0 Å². The summed E-state index contributed by atoms with van der Waals surface area (Å²) >= 11 is 11.9. The molecular formula is C11H15Cl2NO2. The normalized spacial score (nSPS) is 10.9. The molecule has 0 bridgehead atoms. The largest absolute Gasteiger partial charge is 0.495 e. The standard InChI is InChI=1S/C11H15Cl2NO2/c1-14(7-15)4-3-8-5-9(12)6-10(13)11(8)16-2/h5-6,15H,3-4,7H2,1-2H3. The zero-order valence-corrected chi connectivity index (χ0v) is 10.8. The predicted octanol–water partition coefficient (Wildman–Crippen LogP) is 2.43. The van der Waals surface area contributed by atoms with E-state index in [4.69, 9.17) is 33.0 Å².